The number of rotatable bonds is 2. The molecule has 22 heavy (non-hydrogen) atoms. The van der Waals surface area contributed by atoms with Crippen molar-refractivity contribution < 1.29 is 14.3 Å². The van der Waals surface area contributed by atoms with E-state index in [1.165, 1.54) is 11.3 Å². The van der Waals surface area contributed by atoms with Crippen LogP contribution in [0.4, 0.5) is 5.69 Å². The Kier molecular flexibility index (Phi) is 2.26. The van der Waals surface area contributed by atoms with Crippen LogP contribution in [0.2, 0.25) is 0 Å². The maximum Gasteiger partial charge on any atom is 0.238 e. The van der Waals surface area contributed by atoms with Crippen LogP contribution in [0.5, 0.6) is 5.75 Å². The van der Waals surface area contributed by atoms with Crippen LogP contribution in [0.15, 0.2) is 36.4 Å². The average molecular weight is 295 g/mol. The van der Waals surface area contributed by atoms with Gasteiger partial charge in [-0.2, -0.15) is 0 Å². The van der Waals surface area contributed by atoms with Crippen molar-refractivity contribution in [3.63, 3.8) is 0 Å². The number of benzene rings is 1. The summed E-state index contributed by atoms with van der Waals surface area (Å²) < 4.78 is 5.22. The van der Waals surface area contributed by atoms with Crippen molar-refractivity contribution in [3.05, 3.63) is 36.4 Å². The molecule has 4 nitrogen and oxygen atoms in total. The van der Waals surface area contributed by atoms with Gasteiger partial charge in [-0.15, -0.1) is 0 Å². The number of imide groups is 1. The average Bonchev–Trinajstić information content (AvgIpc) is 3.32. The van der Waals surface area contributed by atoms with Crippen molar-refractivity contribution in [1.29, 1.82) is 0 Å². The van der Waals surface area contributed by atoms with Gasteiger partial charge in [0.05, 0.1) is 24.6 Å². The Labute approximate surface area is 128 Å². The first-order valence-corrected chi connectivity index (χ1v) is 7.91. The summed E-state index contributed by atoms with van der Waals surface area (Å²) in [5.74, 6) is 2.16. The predicted octanol–water partition coefficient (Wildman–Crippen LogP) is 2.25. The summed E-state index contributed by atoms with van der Waals surface area (Å²) >= 11 is 0. The van der Waals surface area contributed by atoms with Crippen LogP contribution in [0.3, 0.4) is 0 Å². The minimum atomic E-state index is -0.141. The van der Waals surface area contributed by atoms with Crippen LogP contribution in [-0.2, 0) is 9.59 Å². The summed E-state index contributed by atoms with van der Waals surface area (Å²) in [5, 5.41) is 0. The molecule has 4 heteroatoms. The molecule has 6 atom stereocenters. The van der Waals surface area contributed by atoms with Gasteiger partial charge in [0.2, 0.25) is 11.8 Å². The number of carbonyl (C=O) groups excluding carboxylic acids is 2. The Bertz CT molecular complexity index is 689. The first kappa shape index (κ1) is 12.4. The van der Waals surface area contributed by atoms with Crippen molar-refractivity contribution in [3.8, 4) is 5.75 Å². The number of hydrogen-bond acceptors (Lipinski definition) is 3. The lowest BCUT2D eigenvalue weighted by Gasteiger charge is -2.37. The fraction of sp³-hybridized carbons (Fsp3) is 0.444. The summed E-state index contributed by atoms with van der Waals surface area (Å²) in [4.78, 5) is 27.3. The number of allylic oxidation sites excluding steroid dienone is 2. The second kappa shape index (κ2) is 4.00. The van der Waals surface area contributed by atoms with Gasteiger partial charge in [0, 0.05) is 6.07 Å². The molecule has 0 spiro atoms. The molecule has 1 aromatic rings. The van der Waals surface area contributed by atoms with E-state index in [4.69, 9.17) is 4.74 Å². The Morgan fingerprint density at radius 1 is 1.05 bits per heavy atom. The molecule has 2 bridgehead atoms. The highest BCUT2D eigenvalue weighted by Crippen LogP contribution is 2.65. The quantitative estimate of drug-likeness (QED) is 0.621. The van der Waals surface area contributed by atoms with Gasteiger partial charge in [-0.3, -0.25) is 9.59 Å². The Morgan fingerprint density at radius 3 is 2.27 bits per heavy atom. The van der Waals surface area contributed by atoms with Crippen LogP contribution in [-0.4, -0.2) is 18.9 Å². The van der Waals surface area contributed by atoms with E-state index in [9.17, 15) is 9.59 Å². The van der Waals surface area contributed by atoms with Gasteiger partial charge in [0.1, 0.15) is 5.75 Å². The van der Waals surface area contributed by atoms with Crippen LogP contribution >= 0.6 is 0 Å². The molecule has 1 aromatic carbocycles. The molecular weight excluding hydrogens is 278 g/mol. The molecule has 1 heterocycles. The van der Waals surface area contributed by atoms with Crippen LogP contribution in [0, 0.1) is 35.5 Å². The molecule has 2 amide bonds. The molecule has 0 unspecified atom stereocenters. The van der Waals surface area contributed by atoms with E-state index in [1.807, 2.05) is 18.2 Å². The van der Waals surface area contributed by atoms with Crippen LogP contribution in [0.25, 0.3) is 0 Å². The van der Waals surface area contributed by atoms with Crippen molar-refractivity contribution in [2.24, 2.45) is 35.5 Å². The zero-order valence-corrected chi connectivity index (χ0v) is 12.3. The number of anilines is 1. The lowest BCUT2D eigenvalue weighted by Crippen LogP contribution is -2.40. The molecule has 4 aliphatic carbocycles. The van der Waals surface area contributed by atoms with E-state index in [1.54, 1.807) is 13.2 Å². The summed E-state index contributed by atoms with van der Waals surface area (Å²) in [6.07, 6.45) is 5.58. The fourth-order valence-electron chi connectivity index (χ4n) is 4.96. The van der Waals surface area contributed by atoms with Crippen molar-refractivity contribution in [1.82, 2.24) is 0 Å². The third-order valence-corrected chi connectivity index (χ3v) is 5.97. The molecule has 3 fully saturated rings. The summed E-state index contributed by atoms with van der Waals surface area (Å²) in [7, 11) is 1.59. The second-order valence-electron chi connectivity index (χ2n) is 6.87. The highest BCUT2D eigenvalue weighted by Gasteiger charge is 2.67. The van der Waals surface area contributed by atoms with Gasteiger partial charge in [-0.05, 0) is 42.2 Å². The predicted molar refractivity (Wildman–Crippen MR) is 80.2 cm³/mol. The molecular formula is C18H17NO3. The molecule has 6 rings (SSSR count). The lowest BCUT2D eigenvalue weighted by molar-refractivity contribution is -0.124. The van der Waals surface area contributed by atoms with E-state index in [2.05, 4.69) is 12.2 Å². The molecule has 112 valence electrons. The highest BCUT2D eigenvalue weighted by molar-refractivity contribution is 6.22. The molecule has 0 radical (unpaired) electrons. The van der Waals surface area contributed by atoms with E-state index in [0.717, 1.165) is 0 Å². The first-order valence-electron chi connectivity index (χ1n) is 7.91. The Hall–Kier alpha value is -2.10. The maximum absolute atomic E-state index is 12.9. The molecule has 1 saturated heterocycles. The first-order chi connectivity index (χ1) is 10.7. The van der Waals surface area contributed by atoms with Gasteiger partial charge < -0.3 is 4.74 Å². The SMILES string of the molecule is COc1cccc(N2C(=O)[C@@H]3[C@H]4C=C[C@@H]([C@@H]5C[C@@H]45)[C@@H]3C2=O)c1. The number of ether oxygens (including phenoxy) is 1. The van der Waals surface area contributed by atoms with Crippen LogP contribution < -0.4 is 9.64 Å². The topological polar surface area (TPSA) is 46.6 Å². The number of nitrogens with zero attached hydrogens (tertiary/aromatic N) is 1. The number of methoxy groups -OCH3 is 1. The highest BCUT2D eigenvalue weighted by atomic mass is 16.5. The molecule has 2 saturated carbocycles. The zero-order chi connectivity index (χ0) is 15.0. The summed E-state index contributed by atoms with van der Waals surface area (Å²) in [5.41, 5.74) is 0.636. The van der Waals surface area contributed by atoms with Gasteiger partial charge in [0.15, 0.2) is 0 Å². The summed E-state index contributed by atoms with van der Waals surface area (Å²) in [6.45, 7) is 0. The smallest absolute Gasteiger partial charge is 0.238 e. The van der Waals surface area contributed by atoms with Crippen molar-refractivity contribution >= 4 is 17.5 Å². The maximum atomic E-state index is 12.9. The zero-order valence-electron chi connectivity index (χ0n) is 12.3. The standard InChI is InChI=1S/C18H17NO3/c1-22-10-4-2-3-9(7-10)19-17(20)15-11-5-6-12(14-8-13(11)14)16(15)18(19)21/h2-7,11-16H,8H2,1H3/t11-,12-,13-,14-,15-,16+/m0/s1. The Morgan fingerprint density at radius 2 is 1.68 bits per heavy atom. The van der Waals surface area contributed by atoms with Crippen LogP contribution in [0.1, 0.15) is 6.42 Å². The lowest BCUT2D eigenvalue weighted by atomic mass is 9.63. The van der Waals surface area contributed by atoms with Gasteiger partial charge in [-0.25, -0.2) is 4.90 Å². The molecule has 1 aliphatic heterocycles. The van der Waals surface area contributed by atoms with E-state index < -0.39 is 0 Å². The third kappa shape index (κ3) is 1.38. The van der Waals surface area contributed by atoms with Gasteiger partial charge in [-0.1, -0.05) is 18.2 Å². The van der Waals surface area contributed by atoms with E-state index in [0.29, 0.717) is 23.3 Å². The molecule has 0 N–H and O–H groups in total. The normalized spacial score (nSPS) is 40.7. The Balaban J connectivity index is 1.57. The molecule has 5 aliphatic rings. The number of hydrogen-bond donors (Lipinski definition) is 0. The number of carbonyl (C=O) groups is 2. The van der Waals surface area contributed by atoms with Crippen molar-refractivity contribution in [2.45, 2.75) is 6.42 Å². The van der Waals surface area contributed by atoms with E-state index in [-0.39, 0.29) is 35.5 Å². The minimum absolute atomic E-state index is 0.0204. The monoisotopic (exact) mass is 295 g/mol. The van der Waals surface area contributed by atoms with Gasteiger partial charge in [0.25, 0.3) is 0 Å². The molecule has 0 aromatic heterocycles. The largest absolute Gasteiger partial charge is 0.497 e. The van der Waals surface area contributed by atoms with Crippen molar-refractivity contribution in [2.75, 3.05) is 12.0 Å². The summed E-state index contributed by atoms with van der Waals surface area (Å²) in [6, 6.07) is 7.22. The second-order valence-corrected chi connectivity index (χ2v) is 6.87. The third-order valence-electron chi connectivity index (χ3n) is 5.97. The fourth-order valence-corrected chi connectivity index (χ4v) is 4.96. The van der Waals surface area contributed by atoms with E-state index >= 15 is 0 Å². The van der Waals surface area contributed by atoms with Gasteiger partial charge >= 0.3 is 0 Å². The number of amides is 2. The minimum Gasteiger partial charge on any atom is -0.497 e.